The molecule has 37 heavy (non-hydrogen) atoms. The molecule has 190 valence electrons. The minimum absolute atomic E-state index is 0.114. The summed E-state index contributed by atoms with van der Waals surface area (Å²) in [5, 5.41) is 14.4. The van der Waals surface area contributed by atoms with Crippen molar-refractivity contribution in [1.29, 1.82) is 0 Å². The van der Waals surface area contributed by atoms with Crippen LogP contribution < -0.4 is 25.1 Å². The van der Waals surface area contributed by atoms with E-state index >= 15 is 0 Å². The summed E-state index contributed by atoms with van der Waals surface area (Å²) in [5.41, 5.74) is 0.658. The first-order chi connectivity index (χ1) is 17.9. The van der Waals surface area contributed by atoms with Crippen LogP contribution in [0.3, 0.4) is 0 Å². The molecular formula is C25H22N4O7S. The molecule has 3 aromatic carbocycles. The number of para-hydroxylation sites is 1. The maximum Gasteiger partial charge on any atom is 0.273 e. The van der Waals surface area contributed by atoms with Crippen LogP contribution in [0.2, 0.25) is 0 Å². The van der Waals surface area contributed by atoms with Gasteiger partial charge in [0, 0.05) is 12.1 Å². The monoisotopic (exact) mass is 522 g/mol. The highest BCUT2D eigenvalue weighted by atomic mass is 32.2. The Hall–Kier alpha value is -4.58. The third kappa shape index (κ3) is 5.33. The summed E-state index contributed by atoms with van der Waals surface area (Å²) in [6, 6.07) is 15.8. The lowest BCUT2D eigenvalue weighted by molar-refractivity contribution is -0.384. The molecule has 1 amide bonds. The number of methoxy groups -OCH3 is 3. The molecule has 1 aromatic heterocycles. The molecule has 11 nitrogen and oxygen atoms in total. The zero-order valence-corrected chi connectivity index (χ0v) is 20.9. The fourth-order valence-corrected chi connectivity index (χ4v) is 4.41. The number of ether oxygens (including phenoxy) is 3. The van der Waals surface area contributed by atoms with Crippen LogP contribution >= 0.6 is 11.8 Å². The fourth-order valence-electron chi connectivity index (χ4n) is 3.61. The van der Waals surface area contributed by atoms with Crippen molar-refractivity contribution in [3.8, 4) is 22.9 Å². The molecule has 0 fully saturated rings. The van der Waals surface area contributed by atoms with Crippen molar-refractivity contribution in [3.63, 3.8) is 0 Å². The smallest absolute Gasteiger partial charge is 0.273 e. The Balaban J connectivity index is 1.70. The van der Waals surface area contributed by atoms with E-state index in [-0.39, 0.29) is 33.6 Å². The molecular weight excluding hydrogens is 500 g/mol. The minimum atomic E-state index is -0.554. The predicted molar refractivity (Wildman–Crippen MR) is 139 cm³/mol. The van der Waals surface area contributed by atoms with E-state index < -0.39 is 10.8 Å². The average molecular weight is 523 g/mol. The number of hydrogen-bond acceptors (Lipinski definition) is 9. The van der Waals surface area contributed by atoms with Crippen LogP contribution in [0.4, 0.5) is 11.4 Å². The van der Waals surface area contributed by atoms with Crippen LogP contribution in [0.25, 0.3) is 16.6 Å². The summed E-state index contributed by atoms with van der Waals surface area (Å²) < 4.78 is 17.4. The Morgan fingerprint density at radius 2 is 1.78 bits per heavy atom. The van der Waals surface area contributed by atoms with Crippen molar-refractivity contribution in [2.45, 2.75) is 5.16 Å². The topological polar surface area (TPSA) is 135 Å². The second-order valence-electron chi connectivity index (χ2n) is 7.57. The van der Waals surface area contributed by atoms with Crippen LogP contribution in [-0.4, -0.2) is 47.5 Å². The first kappa shape index (κ1) is 25.5. The van der Waals surface area contributed by atoms with Crippen molar-refractivity contribution in [1.82, 2.24) is 9.55 Å². The quantitative estimate of drug-likeness (QED) is 0.149. The number of nitrogens with zero attached hydrogens (tertiary/aromatic N) is 3. The number of anilines is 1. The van der Waals surface area contributed by atoms with Gasteiger partial charge in [-0.15, -0.1) is 0 Å². The highest BCUT2D eigenvalue weighted by molar-refractivity contribution is 7.99. The first-order valence-corrected chi connectivity index (χ1v) is 11.8. The zero-order valence-electron chi connectivity index (χ0n) is 20.1. The number of nitrogens with one attached hydrogen (secondary N) is 1. The predicted octanol–water partition coefficient (Wildman–Crippen LogP) is 4.05. The number of carbonyl (C=O) groups is 1. The molecule has 0 saturated carbocycles. The largest absolute Gasteiger partial charge is 0.497 e. The summed E-state index contributed by atoms with van der Waals surface area (Å²) in [6.45, 7) is 0. The molecule has 0 radical (unpaired) electrons. The van der Waals surface area contributed by atoms with E-state index in [1.807, 2.05) is 0 Å². The van der Waals surface area contributed by atoms with Crippen LogP contribution in [0.5, 0.6) is 17.2 Å². The highest BCUT2D eigenvalue weighted by Gasteiger charge is 2.19. The van der Waals surface area contributed by atoms with Gasteiger partial charge in [0.1, 0.15) is 17.2 Å². The standard InChI is InChI=1S/C25H22N4O7S/c1-34-16-9-11-21(35-2)20(13-16)28-24(31)17-6-4-5-7-18(17)27-25(28)37-14-23(30)26-19-10-8-15(29(32)33)12-22(19)36-3/h4-13H,14H2,1-3H3,(H,26,30). The van der Waals surface area contributed by atoms with Gasteiger partial charge in [-0.05, 0) is 30.3 Å². The number of thioether (sulfide) groups is 1. The molecule has 0 atom stereocenters. The van der Waals surface area contributed by atoms with Gasteiger partial charge in [-0.1, -0.05) is 23.9 Å². The maximum absolute atomic E-state index is 13.6. The molecule has 12 heteroatoms. The Labute approximate surface area is 215 Å². The van der Waals surface area contributed by atoms with Crippen molar-refractivity contribution >= 4 is 39.9 Å². The van der Waals surface area contributed by atoms with Gasteiger partial charge < -0.3 is 19.5 Å². The van der Waals surface area contributed by atoms with Crippen LogP contribution in [0, 0.1) is 10.1 Å². The van der Waals surface area contributed by atoms with Gasteiger partial charge in [-0.2, -0.15) is 0 Å². The van der Waals surface area contributed by atoms with Crippen molar-refractivity contribution in [3.05, 3.63) is 81.1 Å². The number of carbonyl (C=O) groups excluding carboxylic acids is 1. The highest BCUT2D eigenvalue weighted by Crippen LogP contribution is 2.32. The molecule has 0 aliphatic rings. The SMILES string of the molecule is COc1ccc(OC)c(-n2c(SCC(=O)Nc3ccc([N+](=O)[O-])cc3OC)nc3ccccc3c2=O)c1. The van der Waals surface area contributed by atoms with Crippen molar-refractivity contribution in [2.75, 3.05) is 32.4 Å². The van der Waals surface area contributed by atoms with Gasteiger partial charge in [0.05, 0.1) is 60.3 Å². The number of rotatable bonds is 9. The number of benzene rings is 3. The van der Waals surface area contributed by atoms with E-state index in [9.17, 15) is 19.7 Å². The third-order valence-corrected chi connectivity index (χ3v) is 6.31. The van der Waals surface area contributed by atoms with Gasteiger partial charge in [-0.3, -0.25) is 24.3 Å². The van der Waals surface area contributed by atoms with Gasteiger partial charge in [0.25, 0.3) is 11.2 Å². The molecule has 0 saturated heterocycles. The molecule has 0 unspecified atom stereocenters. The number of nitro groups is 1. The Kier molecular flexibility index (Phi) is 7.58. The summed E-state index contributed by atoms with van der Waals surface area (Å²) in [5.74, 6) is 0.534. The Bertz CT molecular complexity index is 1550. The lowest BCUT2D eigenvalue weighted by atomic mass is 10.2. The number of non-ortho nitro benzene ring substituents is 1. The molecule has 0 spiro atoms. The van der Waals surface area contributed by atoms with Gasteiger partial charge in [0.15, 0.2) is 5.16 Å². The van der Waals surface area contributed by atoms with Crippen LogP contribution in [-0.2, 0) is 4.79 Å². The van der Waals surface area contributed by atoms with Crippen molar-refractivity contribution < 1.29 is 23.9 Å². The number of nitro benzene ring substituents is 1. The number of amides is 1. The fraction of sp³-hybridized carbons (Fsp3) is 0.160. The molecule has 0 bridgehead atoms. The summed E-state index contributed by atoms with van der Waals surface area (Å²) >= 11 is 1.05. The van der Waals surface area contributed by atoms with Crippen molar-refractivity contribution in [2.24, 2.45) is 0 Å². The van der Waals surface area contributed by atoms with E-state index in [2.05, 4.69) is 10.3 Å². The zero-order chi connectivity index (χ0) is 26.5. The van der Waals surface area contributed by atoms with Crippen LogP contribution in [0.1, 0.15) is 0 Å². The third-order valence-electron chi connectivity index (χ3n) is 5.37. The summed E-state index contributed by atoms with van der Waals surface area (Å²) in [6.07, 6.45) is 0. The Morgan fingerprint density at radius 3 is 2.49 bits per heavy atom. The average Bonchev–Trinajstić information content (AvgIpc) is 2.91. The van der Waals surface area contributed by atoms with E-state index in [0.717, 1.165) is 11.8 Å². The molecule has 4 rings (SSSR count). The minimum Gasteiger partial charge on any atom is -0.497 e. The molecule has 1 heterocycles. The first-order valence-electron chi connectivity index (χ1n) is 10.9. The Morgan fingerprint density at radius 1 is 1.03 bits per heavy atom. The lowest BCUT2D eigenvalue weighted by Gasteiger charge is -2.17. The second-order valence-corrected chi connectivity index (χ2v) is 8.51. The van der Waals surface area contributed by atoms with E-state index in [4.69, 9.17) is 14.2 Å². The van der Waals surface area contributed by atoms with Gasteiger partial charge >= 0.3 is 0 Å². The van der Waals surface area contributed by atoms with E-state index in [1.54, 1.807) is 42.5 Å². The molecule has 0 aliphatic carbocycles. The summed E-state index contributed by atoms with van der Waals surface area (Å²) in [7, 11) is 4.35. The maximum atomic E-state index is 13.6. The molecule has 1 N–H and O–H groups in total. The normalized spacial score (nSPS) is 10.7. The van der Waals surface area contributed by atoms with Gasteiger partial charge in [0.2, 0.25) is 5.91 Å². The number of hydrogen-bond donors (Lipinski definition) is 1. The number of fused-ring (bicyclic) bond motifs is 1. The van der Waals surface area contributed by atoms with Gasteiger partial charge in [-0.25, -0.2) is 4.98 Å². The molecule has 4 aromatic rings. The lowest BCUT2D eigenvalue weighted by Crippen LogP contribution is -2.23. The van der Waals surface area contributed by atoms with E-state index in [1.165, 1.54) is 44.1 Å². The van der Waals surface area contributed by atoms with E-state index in [0.29, 0.717) is 28.1 Å². The summed E-state index contributed by atoms with van der Waals surface area (Å²) in [4.78, 5) is 41.5. The second kappa shape index (κ2) is 11.0. The van der Waals surface area contributed by atoms with Crippen LogP contribution in [0.15, 0.2) is 70.6 Å². The molecule has 0 aliphatic heterocycles. The number of aromatic nitrogens is 2.